The van der Waals surface area contributed by atoms with Gasteiger partial charge in [0.1, 0.15) is 6.04 Å². The number of nitrogens with zero attached hydrogens (tertiary/aromatic N) is 4. The van der Waals surface area contributed by atoms with Crippen LogP contribution in [-0.2, 0) is 32.5 Å². The number of benzene rings is 1. The average molecular weight is 540 g/mol. The third-order valence-corrected chi connectivity index (χ3v) is 9.80. The number of carbonyl (C=O) groups excluding carboxylic acids is 2. The number of hydrogen-bond acceptors (Lipinski definition) is 5. The molecule has 0 spiro atoms. The number of carbonyl (C=O) groups is 2. The SMILES string of the molecule is N#CC1CN(S(=O)(=O)N2CCC[C@H](C(=O)N3C[C@H]4C[C@H]4[C@@H]3C(=O)NCc3ccc(C(F)(F)F)cc3)C2)C1. The van der Waals surface area contributed by atoms with E-state index in [1.54, 1.807) is 4.90 Å². The van der Waals surface area contributed by atoms with Crippen molar-refractivity contribution in [2.75, 3.05) is 32.7 Å². The topological polar surface area (TPSA) is 114 Å². The third kappa shape index (κ3) is 5.06. The van der Waals surface area contributed by atoms with Gasteiger partial charge in [-0.1, -0.05) is 12.1 Å². The first-order chi connectivity index (χ1) is 17.5. The Balaban J connectivity index is 1.20. The lowest BCUT2D eigenvalue weighted by molar-refractivity contribution is -0.143. The van der Waals surface area contributed by atoms with Crippen molar-refractivity contribution in [3.05, 3.63) is 35.4 Å². The molecule has 0 bridgehead atoms. The predicted octanol–water partition coefficient (Wildman–Crippen LogP) is 1.58. The van der Waals surface area contributed by atoms with Gasteiger partial charge in [0.2, 0.25) is 11.8 Å². The number of rotatable bonds is 6. The van der Waals surface area contributed by atoms with Gasteiger partial charge in [0.25, 0.3) is 10.2 Å². The number of nitrogens with one attached hydrogen (secondary N) is 1. The maximum Gasteiger partial charge on any atom is 0.416 e. The van der Waals surface area contributed by atoms with E-state index in [0.29, 0.717) is 31.5 Å². The van der Waals surface area contributed by atoms with Crippen LogP contribution in [0, 0.1) is 35.0 Å². The second kappa shape index (κ2) is 9.56. The van der Waals surface area contributed by atoms with E-state index < -0.39 is 33.9 Å². The fraction of sp³-hybridized carbons (Fsp3) is 0.625. The minimum Gasteiger partial charge on any atom is -0.350 e. The number of amides is 2. The second-order valence-corrected chi connectivity index (χ2v) is 12.3. The molecule has 0 unspecified atom stereocenters. The highest BCUT2D eigenvalue weighted by Crippen LogP contribution is 2.50. The van der Waals surface area contributed by atoms with Crippen molar-refractivity contribution in [1.82, 2.24) is 18.8 Å². The molecule has 200 valence electrons. The van der Waals surface area contributed by atoms with E-state index in [9.17, 15) is 31.2 Å². The van der Waals surface area contributed by atoms with Crippen molar-refractivity contribution in [3.8, 4) is 6.07 Å². The molecule has 0 aromatic heterocycles. The van der Waals surface area contributed by atoms with Crippen molar-refractivity contribution >= 4 is 22.0 Å². The largest absolute Gasteiger partial charge is 0.416 e. The Bertz CT molecular complexity index is 1210. The molecule has 13 heteroatoms. The number of hydrogen-bond donors (Lipinski definition) is 1. The molecule has 1 aliphatic carbocycles. The van der Waals surface area contributed by atoms with Crippen LogP contribution in [-0.4, -0.2) is 72.5 Å². The first-order valence-corrected chi connectivity index (χ1v) is 13.8. The Labute approximate surface area is 213 Å². The van der Waals surface area contributed by atoms with Gasteiger partial charge < -0.3 is 10.2 Å². The predicted molar refractivity (Wildman–Crippen MR) is 124 cm³/mol. The van der Waals surface area contributed by atoms with E-state index in [1.807, 2.05) is 0 Å². The first-order valence-electron chi connectivity index (χ1n) is 12.4. The van der Waals surface area contributed by atoms with Gasteiger partial charge in [-0.15, -0.1) is 0 Å². The van der Waals surface area contributed by atoms with E-state index in [-0.39, 0.29) is 55.7 Å². The molecule has 1 N–H and O–H groups in total. The van der Waals surface area contributed by atoms with E-state index in [1.165, 1.54) is 20.7 Å². The molecule has 3 aliphatic heterocycles. The summed E-state index contributed by atoms with van der Waals surface area (Å²) in [4.78, 5) is 28.1. The van der Waals surface area contributed by atoms with Crippen LogP contribution in [0.2, 0.25) is 0 Å². The van der Waals surface area contributed by atoms with Crippen LogP contribution in [0.4, 0.5) is 13.2 Å². The van der Waals surface area contributed by atoms with Gasteiger partial charge in [0.05, 0.1) is 23.5 Å². The molecule has 3 saturated heterocycles. The molecule has 4 aliphatic rings. The number of piperidine rings is 2. The van der Waals surface area contributed by atoms with Gasteiger partial charge in [-0.2, -0.15) is 35.5 Å². The van der Waals surface area contributed by atoms with Crippen LogP contribution < -0.4 is 5.32 Å². The smallest absolute Gasteiger partial charge is 0.350 e. The van der Waals surface area contributed by atoms with E-state index in [2.05, 4.69) is 11.4 Å². The number of halogens is 3. The second-order valence-electron chi connectivity index (χ2n) is 10.4. The quantitative estimate of drug-likeness (QED) is 0.590. The zero-order valence-corrected chi connectivity index (χ0v) is 20.8. The fourth-order valence-corrected chi connectivity index (χ4v) is 7.38. The number of likely N-dealkylation sites (tertiary alicyclic amines) is 1. The standard InChI is InChI=1S/C24H28F3N5O4S/c25-24(26,27)19-5-3-15(4-6-19)10-29-22(33)21-20-8-18(20)14-32(21)23(34)17-2-1-7-30(13-17)37(35,36)31-11-16(9-28)12-31/h3-6,16-18,20-21H,1-2,7-8,10-14H2,(H,29,33)/t17-,18+,20+,21+/m0/s1. The monoisotopic (exact) mass is 539 g/mol. The molecule has 5 rings (SSSR count). The normalized spacial score (nSPS) is 28.8. The summed E-state index contributed by atoms with van der Waals surface area (Å²) < 4.78 is 66.8. The van der Waals surface area contributed by atoms with Gasteiger partial charge in [-0.25, -0.2) is 0 Å². The third-order valence-electron chi connectivity index (χ3n) is 7.87. The van der Waals surface area contributed by atoms with Crippen LogP contribution in [0.5, 0.6) is 0 Å². The first kappa shape index (κ1) is 25.9. The fourth-order valence-electron chi connectivity index (χ4n) is 5.59. The minimum atomic E-state index is -4.43. The lowest BCUT2D eigenvalue weighted by atomic mass is 9.97. The van der Waals surface area contributed by atoms with Crippen LogP contribution in [0.15, 0.2) is 24.3 Å². The molecule has 0 radical (unpaired) electrons. The van der Waals surface area contributed by atoms with Crippen LogP contribution in [0.1, 0.15) is 30.4 Å². The Morgan fingerprint density at radius 2 is 1.78 bits per heavy atom. The van der Waals surface area contributed by atoms with Crippen LogP contribution in [0.3, 0.4) is 0 Å². The van der Waals surface area contributed by atoms with E-state index in [0.717, 1.165) is 18.6 Å². The molecule has 37 heavy (non-hydrogen) atoms. The molecular weight excluding hydrogens is 511 g/mol. The van der Waals surface area contributed by atoms with Crippen molar-refractivity contribution in [2.24, 2.45) is 23.7 Å². The molecular formula is C24H28F3N5O4S. The van der Waals surface area contributed by atoms with Gasteiger partial charge >= 0.3 is 6.18 Å². The molecule has 9 nitrogen and oxygen atoms in total. The number of fused-ring (bicyclic) bond motifs is 1. The summed E-state index contributed by atoms with van der Waals surface area (Å²) in [5, 5.41) is 11.7. The van der Waals surface area contributed by atoms with Crippen LogP contribution in [0.25, 0.3) is 0 Å². The summed E-state index contributed by atoms with van der Waals surface area (Å²) in [7, 11) is -3.75. The molecule has 2 amide bonds. The molecule has 4 atom stereocenters. The lowest BCUT2D eigenvalue weighted by Gasteiger charge is -2.41. The van der Waals surface area contributed by atoms with Crippen LogP contribution >= 0.6 is 0 Å². The minimum absolute atomic E-state index is 0.0423. The van der Waals surface area contributed by atoms with Crippen molar-refractivity contribution < 1.29 is 31.2 Å². The van der Waals surface area contributed by atoms with Crippen molar-refractivity contribution in [1.29, 1.82) is 5.26 Å². The Hall–Kier alpha value is -2.69. The number of alkyl halides is 3. The maximum atomic E-state index is 13.5. The molecule has 1 saturated carbocycles. The Morgan fingerprint density at radius 3 is 2.43 bits per heavy atom. The summed E-state index contributed by atoms with van der Waals surface area (Å²) in [6, 6.07) is 5.95. The summed E-state index contributed by atoms with van der Waals surface area (Å²) >= 11 is 0. The van der Waals surface area contributed by atoms with E-state index >= 15 is 0 Å². The Kier molecular flexibility index (Phi) is 6.70. The van der Waals surface area contributed by atoms with Crippen molar-refractivity contribution in [3.63, 3.8) is 0 Å². The van der Waals surface area contributed by atoms with Crippen molar-refractivity contribution in [2.45, 2.75) is 38.0 Å². The summed E-state index contributed by atoms with van der Waals surface area (Å²) in [5.74, 6) is -1.17. The van der Waals surface area contributed by atoms with E-state index in [4.69, 9.17) is 5.26 Å². The molecule has 4 fully saturated rings. The summed E-state index contributed by atoms with van der Waals surface area (Å²) in [6.45, 7) is 1.15. The molecule has 3 heterocycles. The maximum absolute atomic E-state index is 13.5. The summed E-state index contributed by atoms with van der Waals surface area (Å²) in [6.07, 6.45) is -2.55. The van der Waals surface area contributed by atoms with Gasteiger partial charge in [-0.3, -0.25) is 9.59 Å². The highest BCUT2D eigenvalue weighted by Gasteiger charge is 2.57. The number of nitriles is 1. The lowest BCUT2D eigenvalue weighted by Crippen LogP contribution is -2.58. The highest BCUT2D eigenvalue weighted by atomic mass is 32.2. The van der Waals surface area contributed by atoms with Gasteiger partial charge in [0.15, 0.2) is 0 Å². The zero-order chi connectivity index (χ0) is 26.5. The molecule has 1 aromatic rings. The average Bonchev–Trinajstić information content (AvgIpc) is 3.50. The highest BCUT2D eigenvalue weighted by molar-refractivity contribution is 7.86. The summed E-state index contributed by atoms with van der Waals surface area (Å²) in [5.41, 5.74) is -0.249. The Morgan fingerprint density at radius 1 is 1.08 bits per heavy atom. The zero-order valence-electron chi connectivity index (χ0n) is 20.0. The van der Waals surface area contributed by atoms with Gasteiger partial charge in [0, 0.05) is 39.3 Å². The van der Waals surface area contributed by atoms with Gasteiger partial charge in [-0.05, 0) is 48.8 Å². The molecule has 1 aromatic carbocycles.